The van der Waals surface area contributed by atoms with Gasteiger partial charge in [0.1, 0.15) is 0 Å². The second kappa shape index (κ2) is 4.30. The second-order valence-electron chi connectivity index (χ2n) is 6.26. The Morgan fingerprint density at radius 1 is 1.25 bits per heavy atom. The molecule has 3 rings (SSSR count). The molecule has 16 heavy (non-hydrogen) atoms. The van der Waals surface area contributed by atoms with Gasteiger partial charge in [0, 0.05) is 18.6 Å². The van der Waals surface area contributed by atoms with E-state index >= 15 is 0 Å². The predicted molar refractivity (Wildman–Crippen MR) is 67.4 cm³/mol. The first-order valence-corrected chi connectivity index (χ1v) is 7.26. The van der Waals surface area contributed by atoms with Crippen molar-refractivity contribution in [1.29, 1.82) is 0 Å². The zero-order chi connectivity index (χ0) is 11.1. The molecule has 2 aliphatic heterocycles. The summed E-state index contributed by atoms with van der Waals surface area (Å²) in [6, 6.07) is 1.76. The molecule has 3 aliphatic rings. The quantitative estimate of drug-likeness (QED) is 0.770. The van der Waals surface area contributed by atoms with Crippen LogP contribution in [-0.4, -0.2) is 36.6 Å². The number of hydrogen-bond acceptors (Lipinski definition) is 2. The van der Waals surface area contributed by atoms with Crippen molar-refractivity contribution in [1.82, 2.24) is 10.2 Å². The minimum Gasteiger partial charge on any atom is -0.316 e. The SMILES string of the molecule is CCC1CCC(N2CC3CNCC3C2C)C1. The van der Waals surface area contributed by atoms with Gasteiger partial charge in [0.05, 0.1) is 0 Å². The third-order valence-electron chi connectivity index (χ3n) is 5.54. The molecule has 2 heterocycles. The fourth-order valence-corrected chi connectivity index (χ4v) is 4.40. The predicted octanol–water partition coefficient (Wildman–Crippen LogP) is 2.10. The van der Waals surface area contributed by atoms with E-state index in [0.717, 1.165) is 29.8 Å². The van der Waals surface area contributed by atoms with Crippen LogP contribution in [0.15, 0.2) is 0 Å². The molecule has 0 aromatic heterocycles. The monoisotopic (exact) mass is 222 g/mol. The highest BCUT2D eigenvalue weighted by atomic mass is 15.2. The first kappa shape index (κ1) is 11.0. The highest BCUT2D eigenvalue weighted by Gasteiger charge is 2.45. The lowest BCUT2D eigenvalue weighted by Crippen LogP contribution is -2.39. The summed E-state index contributed by atoms with van der Waals surface area (Å²) in [6.45, 7) is 8.75. The van der Waals surface area contributed by atoms with Gasteiger partial charge < -0.3 is 5.32 Å². The number of fused-ring (bicyclic) bond motifs is 1. The summed E-state index contributed by atoms with van der Waals surface area (Å²) in [5.74, 6) is 2.92. The van der Waals surface area contributed by atoms with Crippen LogP contribution in [-0.2, 0) is 0 Å². The summed E-state index contributed by atoms with van der Waals surface area (Å²) in [5, 5.41) is 3.56. The van der Waals surface area contributed by atoms with Crippen molar-refractivity contribution in [2.45, 2.75) is 51.6 Å². The second-order valence-corrected chi connectivity index (χ2v) is 6.26. The molecule has 92 valence electrons. The maximum atomic E-state index is 3.56. The Hall–Kier alpha value is -0.0800. The molecule has 2 nitrogen and oxygen atoms in total. The van der Waals surface area contributed by atoms with Crippen LogP contribution in [0.25, 0.3) is 0 Å². The molecule has 1 saturated carbocycles. The standard InChI is InChI=1S/C14H26N2/c1-3-11-4-5-13(6-11)16-9-12-7-15-8-14(12)10(16)2/h10-15H,3-9H2,1-2H3. The molecule has 2 saturated heterocycles. The Balaban J connectivity index is 1.64. The van der Waals surface area contributed by atoms with Crippen molar-refractivity contribution in [3.63, 3.8) is 0 Å². The van der Waals surface area contributed by atoms with Gasteiger partial charge in [-0.25, -0.2) is 0 Å². The van der Waals surface area contributed by atoms with Crippen LogP contribution in [0.5, 0.6) is 0 Å². The molecule has 0 amide bonds. The maximum absolute atomic E-state index is 3.56. The van der Waals surface area contributed by atoms with E-state index in [1.807, 2.05) is 0 Å². The summed E-state index contributed by atoms with van der Waals surface area (Å²) in [6.07, 6.45) is 5.83. The van der Waals surface area contributed by atoms with Crippen LogP contribution in [0.2, 0.25) is 0 Å². The van der Waals surface area contributed by atoms with E-state index in [9.17, 15) is 0 Å². The molecule has 1 N–H and O–H groups in total. The maximum Gasteiger partial charge on any atom is 0.0114 e. The molecular formula is C14H26N2. The molecule has 0 bridgehead atoms. The van der Waals surface area contributed by atoms with Gasteiger partial charge in [-0.3, -0.25) is 4.90 Å². The molecular weight excluding hydrogens is 196 g/mol. The van der Waals surface area contributed by atoms with E-state index in [0.29, 0.717) is 0 Å². The van der Waals surface area contributed by atoms with Gasteiger partial charge in [-0.15, -0.1) is 0 Å². The van der Waals surface area contributed by atoms with Gasteiger partial charge >= 0.3 is 0 Å². The van der Waals surface area contributed by atoms with Crippen molar-refractivity contribution in [2.75, 3.05) is 19.6 Å². The van der Waals surface area contributed by atoms with E-state index in [1.165, 1.54) is 45.3 Å². The zero-order valence-electron chi connectivity index (χ0n) is 10.8. The van der Waals surface area contributed by atoms with Gasteiger partial charge in [0.25, 0.3) is 0 Å². The smallest absolute Gasteiger partial charge is 0.0114 e. The average molecular weight is 222 g/mol. The molecule has 5 atom stereocenters. The molecule has 2 heteroatoms. The summed E-state index contributed by atoms with van der Waals surface area (Å²) in [5.41, 5.74) is 0. The molecule has 0 aromatic rings. The van der Waals surface area contributed by atoms with Crippen molar-refractivity contribution in [3.05, 3.63) is 0 Å². The van der Waals surface area contributed by atoms with Gasteiger partial charge in [-0.2, -0.15) is 0 Å². The highest BCUT2D eigenvalue weighted by Crippen LogP contribution is 2.39. The number of nitrogens with zero attached hydrogens (tertiary/aromatic N) is 1. The fourth-order valence-electron chi connectivity index (χ4n) is 4.40. The van der Waals surface area contributed by atoms with Gasteiger partial charge in [-0.05, 0) is 57.0 Å². The average Bonchev–Trinajstić information content (AvgIpc) is 2.96. The summed E-state index contributed by atoms with van der Waals surface area (Å²) >= 11 is 0. The Labute approximate surface area is 99.8 Å². The summed E-state index contributed by atoms with van der Waals surface area (Å²) < 4.78 is 0. The lowest BCUT2D eigenvalue weighted by Gasteiger charge is -2.30. The number of likely N-dealkylation sites (tertiary alicyclic amines) is 1. The molecule has 1 aliphatic carbocycles. The Kier molecular flexibility index (Phi) is 2.97. The van der Waals surface area contributed by atoms with Crippen molar-refractivity contribution in [2.24, 2.45) is 17.8 Å². The lowest BCUT2D eigenvalue weighted by molar-refractivity contribution is 0.168. The van der Waals surface area contributed by atoms with Crippen LogP contribution >= 0.6 is 0 Å². The third kappa shape index (κ3) is 1.70. The molecule has 0 aromatic carbocycles. The Bertz CT molecular complexity index is 253. The van der Waals surface area contributed by atoms with Crippen LogP contribution in [0, 0.1) is 17.8 Å². The normalized spacial score (nSPS) is 48.8. The van der Waals surface area contributed by atoms with Crippen molar-refractivity contribution < 1.29 is 0 Å². The van der Waals surface area contributed by atoms with Crippen molar-refractivity contribution >= 4 is 0 Å². The number of rotatable bonds is 2. The van der Waals surface area contributed by atoms with Gasteiger partial charge in [-0.1, -0.05) is 13.3 Å². The van der Waals surface area contributed by atoms with E-state index in [-0.39, 0.29) is 0 Å². The highest BCUT2D eigenvalue weighted by molar-refractivity contribution is 5.00. The largest absolute Gasteiger partial charge is 0.316 e. The fraction of sp³-hybridized carbons (Fsp3) is 1.00. The summed E-state index contributed by atoms with van der Waals surface area (Å²) in [4.78, 5) is 2.85. The lowest BCUT2D eigenvalue weighted by atomic mass is 9.95. The molecule has 5 unspecified atom stereocenters. The minimum absolute atomic E-state index is 0.834. The third-order valence-corrected chi connectivity index (χ3v) is 5.54. The van der Waals surface area contributed by atoms with Gasteiger partial charge in [0.15, 0.2) is 0 Å². The first-order valence-electron chi connectivity index (χ1n) is 7.26. The van der Waals surface area contributed by atoms with E-state index < -0.39 is 0 Å². The Morgan fingerprint density at radius 2 is 2.12 bits per heavy atom. The molecule has 0 spiro atoms. The first-order chi connectivity index (χ1) is 7.79. The number of nitrogens with one attached hydrogen (secondary N) is 1. The zero-order valence-corrected chi connectivity index (χ0v) is 10.8. The van der Waals surface area contributed by atoms with Crippen LogP contribution in [0.3, 0.4) is 0 Å². The van der Waals surface area contributed by atoms with E-state index in [2.05, 4.69) is 24.1 Å². The van der Waals surface area contributed by atoms with Crippen molar-refractivity contribution in [3.8, 4) is 0 Å². The van der Waals surface area contributed by atoms with Crippen LogP contribution in [0.4, 0.5) is 0 Å². The molecule has 3 fully saturated rings. The summed E-state index contributed by atoms with van der Waals surface area (Å²) in [7, 11) is 0. The topological polar surface area (TPSA) is 15.3 Å². The molecule has 0 radical (unpaired) electrons. The van der Waals surface area contributed by atoms with Crippen LogP contribution < -0.4 is 5.32 Å². The van der Waals surface area contributed by atoms with E-state index in [4.69, 9.17) is 0 Å². The van der Waals surface area contributed by atoms with Gasteiger partial charge in [0.2, 0.25) is 0 Å². The van der Waals surface area contributed by atoms with E-state index in [1.54, 1.807) is 0 Å². The number of hydrogen-bond donors (Lipinski definition) is 1. The Morgan fingerprint density at radius 3 is 2.81 bits per heavy atom. The van der Waals surface area contributed by atoms with Crippen LogP contribution in [0.1, 0.15) is 39.5 Å². The minimum atomic E-state index is 0.834.